The fourth-order valence-corrected chi connectivity index (χ4v) is 3.89. The molecule has 0 aliphatic rings. The van der Waals surface area contributed by atoms with E-state index in [4.69, 9.17) is 16.3 Å². The number of halogens is 2. The molecule has 2 aromatic heterocycles. The van der Waals surface area contributed by atoms with Crippen LogP contribution in [0, 0.1) is 5.82 Å². The van der Waals surface area contributed by atoms with Gasteiger partial charge in [-0.1, -0.05) is 23.4 Å². The van der Waals surface area contributed by atoms with Gasteiger partial charge in [0, 0.05) is 23.6 Å². The zero-order chi connectivity index (χ0) is 22.5. The van der Waals surface area contributed by atoms with Crippen LogP contribution in [0.5, 0.6) is 5.75 Å². The topological polar surface area (TPSA) is 81.9 Å². The molecule has 1 amide bonds. The summed E-state index contributed by atoms with van der Waals surface area (Å²) in [5.41, 5.74) is 1.98. The maximum absolute atomic E-state index is 13.2. The van der Waals surface area contributed by atoms with Crippen LogP contribution in [0.2, 0.25) is 5.02 Å². The van der Waals surface area contributed by atoms with Gasteiger partial charge >= 0.3 is 0 Å². The first-order chi connectivity index (χ1) is 15.5. The van der Waals surface area contributed by atoms with Gasteiger partial charge in [-0.3, -0.25) is 14.3 Å². The highest BCUT2D eigenvalue weighted by atomic mass is 35.5. The van der Waals surface area contributed by atoms with E-state index >= 15 is 0 Å². The molecule has 0 unspecified atom stereocenters. The second-order valence-electron chi connectivity index (χ2n) is 6.54. The van der Waals surface area contributed by atoms with Crippen molar-refractivity contribution < 1.29 is 13.9 Å². The Hall–Kier alpha value is -3.43. The largest absolute Gasteiger partial charge is 0.497 e. The molecule has 4 rings (SSSR count). The summed E-state index contributed by atoms with van der Waals surface area (Å²) < 4.78 is 20.3. The number of thioether (sulfide) groups is 1. The van der Waals surface area contributed by atoms with Crippen molar-refractivity contribution in [3.63, 3.8) is 0 Å². The molecule has 4 aromatic rings. The number of anilines is 1. The number of methoxy groups -OCH3 is 1. The highest BCUT2D eigenvalue weighted by Gasteiger charge is 2.18. The Morgan fingerprint density at radius 3 is 2.56 bits per heavy atom. The molecule has 7 nitrogen and oxygen atoms in total. The predicted molar refractivity (Wildman–Crippen MR) is 122 cm³/mol. The molecular formula is C22H17ClFN5O2S. The number of hydrogen-bond acceptors (Lipinski definition) is 6. The number of hydrogen-bond donors (Lipinski definition) is 1. The molecule has 2 heterocycles. The molecule has 0 fully saturated rings. The standard InChI is InChI=1S/C22H17ClFN5O2S/c1-31-17-5-3-16(4-6-17)29-21(14-8-10-25-11-9-14)27-28-22(29)32-13-20(30)26-19-7-2-15(24)12-18(19)23/h2-12H,13H2,1H3,(H,26,30). The highest BCUT2D eigenvalue weighted by molar-refractivity contribution is 7.99. The number of carbonyl (C=O) groups excluding carboxylic acids is 1. The average Bonchev–Trinajstić information content (AvgIpc) is 3.24. The first kappa shape index (κ1) is 21.8. The molecule has 0 saturated carbocycles. The van der Waals surface area contributed by atoms with Crippen molar-refractivity contribution in [2.45, 2.75) is 5.16 Å². The third-order valence-corrected chi connectivity index (χ3v) is 5.68. The minimum absolute atomic E-state index is 0.0539. The lowest BCUT2D eigenvalue weighted by Gasteiger charge is -2.11. The van der Waals surface area contributed by atoms with Gasteiger partial charge in [-0.2, -0.15) is 0 Å². The number of aromatic nitrogens is 4. The minimum Gasteiger partial charge on any atom is -0.497 e. The Morgan fingerprint density at radius 2 is 1.88 bits per heavy atom. The Kier molecular flexibility index (Phi) is 6.67. The summed E-state index contributed by atoms with van der Waals surface area (Å²) in [5.74, 6) is 0.606. The van der Waals surface area contributed by atoms with Gasteiger partial charge in [-0.25, -0.2) is 4.39 Å². The van der Waals surface area contributed by atoms with Crippen LogP contribution >= 0.6 is 23.4 Å². The molecular weight excluding hydrogens is 453 g/mol. The first-order valence-corrected chi connectivity index (χ1v) is 10.8. The van der Waals surface area contributed by atoms with Crippen LogP contribution < -0.4 is 10.1 Å². The van der Waals surface area contributed by atoms with Crippen LogP contribution in [0.4, 0.5) is 10.1 Å². The predicted octanol–water partition coefficient (Wildman–Crippen LogP) is 4.86. The van der Waals surface area contributed by atoms with Gasteiger partial charge in [0.05, 0.1) is 23.6 Å². The van der Waals surface area contributed by atoms with E-state index in [1.54, 1.807) is 19.5 Å². The Balaban J connectivity index is 1.59. The maximum Gasteiger partial charge on any atom is 0.234 e. The fraction of sp³-hybridized carbons (Fsp3) is 0.0909. The number of nitrogens with one attached hydrogen (secondary N) is 1. The number of nitrogens with zero attached hydrogens (tertiary/aromatic N) is 4. The molecule has 2 aromatic carbocycles. The second kappa shape index (κ2) is 9.80. The summed E-state index contributed by atoms with van der Waals surface area (Å²) in [6.45, 7) is 0. The zero-order valence-electron chi connectivity index (χ0n) is 16.8. The fourth-order valence-electron chi connectivity index (χ4n) is 2.92. The van der Waals surface area contributed by atoms with Crippen LogP contribution in [-0.2, 0) is 4.79 Å². The van der Waals surface area contributed by atoms with Crippen LogP contribution in [0.3, 0.4) is 0 Å². The van der Waals surface area contributed by atoms with Crippen molar-refractivity contribution in [3.05, 3.63) is 77.8 Å². The summed E-state index contributed by atoms with van der Waals surface area (Å²) in [6.07, 6.45) is 3.35. The Labute approximate surface area is 192 Å². The molecule has 0 bridgehead atoms. The van der Waals surface area contributed by atoms with E-state index in [1.165, 1.54) is 23.9 Å². The average molecular weight is 470 g/mol. The third kappa shape index (κ3) is 4.90. The van der Waals surface area contributed by atoms with E-state index < -0.39 is 5.82 Å². The summed E-state index contributed by atoms with van der Waals surface area (Å²) in [7, 11) is 1.60. The van der Waals surface area contributed by atoms with Gasteiger partial charge in [-0.15, -0.1) is 10.2 Å². The second-order valence-corrected chi connectivity index (χ2v) is 7.89. The summed E-state index contributed by atoms with van der Waals surface area (Å²) in [4.78, 5) is 16.5. The molecule has 162 valence electrons. The van der Waals surface area contributed by atoms with E-state index in [0.29, 0.717) is 16.7 Å². The van der Waals surface area contributed by atoms with Crippen LogP contribution in [-0.4, -0.2) is 38.5 Å². The van der Waals surface area contributed by atoms with E-state index in [0.717, 1.165) is 23.1 Å². The number of ether oxygens (including phenoxy) is 1. The SMILES string of the molecule is COc1ccc(-n2c(SCC(=O)Nc3ccc(F)cc3Cl)nnc2-c2ccncc2)cc1. The van der Waals surface area contributed by atoms with E-state index in [-0.39, 0.29) is 16.7 Å². The molecule has 0 saturated heterocycles. The van der Waals surface area contributed by atoms with Crippen molar-refractivity contribution in [2.75, 3.05) is 18.2 Å². The quantitative estimate of drug-likeness (QED) is 0.389. The number of pyridine rings is 1. The molecule has 0 atom stereocenters. The number of amides is 1. The lowest BCUT2D eigenvalue weighted by atomic mass is 10.2. The molecule has 10 heteroatoms. The lowest BCUT2D eigenvalue weighted by molar-refractivity contribution is -0.113. The first-order valence-electron chi connectivity index (χ1n) is 9.43. The van der Waals surface area contributed by atoms with Crippen molar-refractivity contribution in [2.24, 2.45) is 0 Å². The highest BCUT2D eigenvalue weighted by Crippen LogP contribution is 2.29. The van der Waals surface area contributed by atoms with Crippen molar-refractivity contribution >= 4 is 35.0 Å². The summed E-state index contributed by atoms with van der Waals surface area (Å²) >= 11 is 7.21. The van der Waals surface area contributed by atoms with Gasteiger partial charge in [0.25, 0.3) is 0 Å². The molecule has 1 N–H and O–H groups in total. The third-order valence-electron chi connectivity index (χ3n) is 4.44. The van der Waals surface area contributed by atoms with Gasteiger partial charge in [0.1, 0.15) is 11.6 Å². The van der Waals surface area contributed by atoms with Gasteiger partial charge in [0.15, 0.2) is 11.0 Å². The summed E-state index contributed by atoms with van der Waals surface area (Å²) in [5, 5.41) is 12.0. The van der Waals surface area contributed by atoms with Crippen LogP contribution in [0.15, 0.2) is 72.1 Å². The van der Waals surface area contributed by atoms with E-state index in [1.807, 2.05) is 41.0 Å². The molecule has 0 radical (unpaired) electrons. The van der Waals surface area contributed by atoms with Crippen molar-refractivity contribution in [1.82, 2.24) is 19.7 Å². The van der Waals surface area contributed by atoms with Crippen molar-refractivity contribution in [1.29, 1.82) is 0 Å². The van der Waals surface area contributed by atoms with E-state index in [2.05, 4.69) is 20.5 Å². The smallest absolute Gasteiger partial charge is 0.234 e. The zero-order valence-corrected chi connectivity index (χ0v) is 18.4. The van der Waals surface area contributed by atoms with Crippen molar-refractivity contribution in [3.8, 4) is 22.8 Å². The molecule has 0 aliphatic heterocycles. The molecule has 0 aliphatic carbocycles. The lowest BCUT2D eigenvalue weighted by Crippen LogP contribution is -2.15. The minimum atomic E-state index is -0.474. The normalized spacial score (nSPS) is 10.7. The van der Waals surface area contributed by atoms with Crippen LogP contribution in [0.1, 0.15) is 0 Å². The Morgan fingerprint density at radius 1 is 1.12 bits per heavy atom. The number of benzene rings is 2. The van der Waals surface area contributed by atoms with E-state index in [9.17, 15) is 9.18 Å². The van der Waals surface area contributed by atoms with Crippen LogP contribution in [0.25, 0.3) is 17.1 Å². The maximum atomic E-state index is 13.2. The molecule has 0 spiro atoms. The van der Waals surface area contributed by atoms with Gasteiger partial charge in [0.2, 0.25) is 5.91 Å². The van der Waals surface area contributed by atoms with Gasteiger partial charge < -0.3 is 10.1 Å². The van der Waals surface area contributed by atoms with Gasteiger partial charge in [-0.05, 0) is 54.6 Å². The number of carbonyl (C=O) groups is 1. The molecule has 32 heavy (non-hydrogen) atoms. The number of rotatable bonds is 7. The monoisotopic (exact) mass is 469 g/mol. The summed E-state index contributed by atoms with van der Waals surface area (Å²) in [6, 6.07) is 14.9. The Bertz CT molecular complexity index is 1240.